The first-order chi connectivity index (χ1) is 8.04. The van der Waals surface area contributed by atoms with Crippen LogP contribution in [-0.4, -0.2) is 30.4 Å². The maximum Gasteiger partial charge on any atom is 0.362 e. The van der Waals surface area contributed by atoms with Crippen LogP contribution in [-0.2, 0) is 11.2 Å². The molecule has 0 spiro atoms. The monoisotopic (exact) mass is 354 g/mol. The van der Waals surface area contributed by atoms with Crippen molar-refractivity contribution in [2.45, 2.75) is 12.5 Å². The molecule has 0 saturated carbocycles. The molecule has 0 bridgehead atoms. The zero-order valence-corrected chi connectivity index (χ0v) is 11.3. The molecular weight excluding hydrogens is 340 g/mol. The largest absolute Gasteiger partial charge is 0.491 e. The van der Waals surface area contributed by atoms with Crippen molar-refractivity contribution < 1.29 is 24.8 Å². The van der Waals surface area contributed by atoms with E-state index in [1.165, 1.54) is 0 Å². The Morgan fingerprint density at radius 3 is 2.88 bits per heavy atom. The fourth-order valence-electron chi connectivity index (χ4n) is 1.31. The fraction of sp³-hybridized carbons (Fsp3) is 0.364. The van der Waals surface area contributed by atoms with Crippen LogP contribution in [0, 0.1) is 3.57 Å². The third kappa shape index (κ3) is 4.47. The lowest BCUT2D eigenvalue weighted by atomic mass is 10.1. The third-order valence-electron chi connectivity index (χ3n) is 2.18. The Bertz CT molecular complexity index is 400. The number of carboxylic acid groups (broad SMARTS) is 1. The molecule has 17 heavy (non-hydrogen) atoms. The molecule has 0 amide bonds. The number of quaternary nitrogens is 1. The Hall–Kier alpha value is -0.890. The smallest absolute Gasteiger partial charge is 0.362 e. The molecule has 1 rings (SSSR count). The van der Waals surface area contributed by atoms with Gasteiger partial charge in [-0.2, -0.15) is 0 Å². The van der Waals surface area contributed by atoms with Gasteiger partial charge in [-0.05, 0) is 46.4 Å². The van der Waals surface area contributed by atoms with Crippen LogP contribution in [0.15, 0.2) is 18.2 Å². The number of hydrogen-bond acceptors (Lipinski definition) is 2. The molecule has 6 heteroatoms. The Morgan fingerprint density at radius 2 is 2.29 bits per heavy atom. The molecule has 1 aromatic rings. The van der Waals surface area contributed by atoms with E-state index in [1.807, 2.05) is 6.07 Å². The van der Waals surface area contributed by atoms with Gasteiger partial charge in [-0.25, -0.2) is 9.18 Å². The van der Waals surface area contributed by atoms with Gasteiger partial charge in [0, 0.05) is 9.99 Å². The Balaban J connectivity index is 2.79. The molecule has 4 N–H and O–H groups in total. The maximum atomic E-state index is 12.0. The number of carboxylic acids is 1. The van der Waals surface area contributed by atoms with E-state index in [2.05, 4.69) is 28.3 Å². The van der Waals surface area contributed by atoms with Crippen LogP contribution in [0.3, 0.4) is 0 Å². The molecule has 1 atom stereocenters. The van der Waals surface area contributed by atoms with Crippen molar-refractivity contribution in [3.63, 3.8) is 0 Å². The Labute approximate surface area is 112 Å². The lowest BCUT2D eigenvalue weighted by Crippen LogP contribution is -2.66. The molecule has 0 heterocycles. The van der Waals surface area contributed by atoms with E-state index in [1.54, 1.807) is 12.1 Å². The van der Waals surface area contributed by atoms with Crippen LogP contribution in [0.4, 0.5) is 4.39 Å². The zero-order valence-electron chi connectivity index (χ0n) is 9.16. The molecular formula is C11H14FINO3+. The van der Waals surface area contributed by atoms with Gasteiger partial charge in [-0.15, -0.1) is 0 Å². The average molecular weight is 354 g/mol. The number of halogens is 2. The molecule has 0 aliphatic heterocycles. The first-order valence-electron chi connectivity index (χ1n) is 5.07. The van der Waals surface area contributed by atoms with Gasteiger partial charge in [-0.1, -0.05) is 0 Å². The van der Waals surface area contributed by atoms with Gasteiger partial charge in [0.2, 0.25) is 0 Å². The maximum absolute atomic E-state index is 12.0. The molecule has 0 fully saturated rings. The number of carbonyl (C=O) groups is 1. The van der Waals surface area contributed by atoms with Crippen LogP contribution in [0.5, 0.6) is 5.75 Å². The predicted octanol–water partition coefficient (Wildman–Crippen LogP) is 0.877. The van der Waals surface area contributed by atoms with Crippen LogP contribution in [0.1, 0.15) is 5.56 Å². The highest BCUT2D eigenvalue weighted by Gasteiger charge is 2.17. The number of aliphatic carboxylic acids is 1. The Kier molecular flexibility index (Phi) is 5.63. The molecule has 1 aromatic carbocycles. The lowest BCUT2D eigenvalue weighted by molar-refractivity contribution is -0.407. The lowest BCUT2D eigenvalue weighted by Gasteiger charge is -2.09. The highest BCUT2D eigenvalue weighted by Crippen LogP contribution is 2.20. The van der Waals surface area contributed by atoms with Gasteiger partial charge < -0.3 is 15.6 Å². The second-order valence-electron chi connectivity index (χ2n) is 3.53. The number of rotatable bonds is 6. The summed E-state index contributed by atoms with van der Waals surface area (Å²) < 4.78 is 18.1. The highest BCUT2D eigenvalue weighted by molar-refractivity contribution is 14.1. The zero-order chi connectivity index (χ0) is 12.8. The van der Waals surface area contributed by atoms with Crippen LogP contribution in [0.25, 0.3) is 0 Å². The van der Waals surface area contributed by atoms with Crippen molar-refractivity contribution in [1.82, 2.24) is 0 Å². The van der Waals surface area contributed by atoms with E-state index >= 15 is 0 Å². The van der Waals surface area contributed by atoms with E-state index in [4.69, 9.17) is 9.84 Å². The summed E-state index contributed by atoms with van der Waals surface area (Å²) in [6.07, 6.45) is 0.334. The average Bonchev–Trinajstić information content (AvgIpc) is 2.29. The predicted molar refractivity (Wildman–Crippen MR) is 68.6 cm³/mol. The van der Waals surface area contributed by atoms with Gasteiger partial charge in [-0.3, -0.25) is 0 Å². The van der Waals surface area contributed by atoms with Crippen LogP contribution < -0.4 is 10.5 Å². The highest BCUT2D eigenvalue weighted by atomic mass is 127. The molecule has 0 saturated heterocycles. The Morgan fingerprint density at radius 1 is 1.59 bits per heavy atom. The second-order valence-corrected chi connectivity index (χ2v) is 4.69. The number of alkyl halides is 1. The number of benzene rings is 1. The van der Waals surface area contributed by atoms with Crippen LogP contribution >= 0.6 is 22.6 Å². The van der Waals surface area contributed by atoms with Crippen LogP contribution in [0.2, 0.25) is 0 Å². The number of hydrogen-bond donors (Lipinski definition) is 2. The topological polar surface area (TPSA) is 74.2 Å². The van der Waals surface area contributed by atoms with E-state index < -0.39 is 18.7 Å². The first-order valence-corrected chi connectivity index (χ1v) is 6.15. The summed E-state index contributed by atoms with van der Waals surface area (Å²) in [4.78, 5) is 10.7. The fourth-order valence-corrected chi connectivity index (χ4v) is 1.86. The molecule has 0 aliphatic carbocycles. The van der Waals surface area contributed by atoms with Crippen molar-refractivity contribution in [1.29, 1.82) is 0 Å². The normalized spacial score (nSPS) is 12.2. The summed E-state index contributed by atoms with van der Waals surface area (Å²) in [5.74, 6) is -0.383. The third-order valence-corrected chi connectivity index (χ3v) is 3.23. The second kappa shape index (κ2) is 6.75. The van der Waals surface area contributed by atoms with Gasteiger partial charge >= 0.3 is 5.97 Å². The summed E-state index contributed by atoms with van der Waals surface area (Å²) in [6, 6.07) is 4.59. The van der Waals surface area contributed by atoms with Crippen molar-refractivity contribution in [2.24, 2.45) is 0 Å². The quantitative estimate of drug-likeness (QED) is 0.745. The van der Waals surface area contributed by atoms with Gasteiger partial charge in [0.1, 0.15) is 19.0 Å². The minimum absolute atomic E-state index is 0.00671. The minimum atomic E-state index is -0.934. The van der Waals surface area contributed by atoms with Gasteiger partial charge in [0.15, 0.2) is 6.04 Å². The summed E-state index contributed by atoms with van der Waals surface area (Å²) >= 11 is 2.12. The number of ether oxygens (including phenoxy) is 1. The van der Waals surface area contributed by atoms with Crippen molar-refractivity contribution in [3.05, 3.63) is 27.3 Å². The summed E-state index contributed by atoms with van der Waals surface area (Å²) in [5.41, 5.74) is 4.41. The summed E-state index contributed by atoms with van der Waals surface area (Å²) in [5, 5.41) is 8.80. The summed E-state index contributed by atoms with van der Waals surface area (Å²) in [7, 11) is 0. The van der Waals surface area contributed by atoms with E-state index in [9.17, 15) is 9.18 Å². The SMILES string of the molecule is [NH3+]C(Cc1cc(OCCF)ccc1I)C(=O)O. The molecule has 0 aromatic heterocycles. The molecule has 94 valence electrons. The first kappa shape index (κ1) is 14.2. The van der Waals surface area contributed by atoms with Gasteiger partial charge in [0.25, 0.3) is 0 Å². The van der Waals surface area contributed by atoms with Gasteiger partial charge in [0.05, 0.1) is 0 Å². The van der Waals surface area contributed by atoms with Crippen molar-refractivity contribution in [3.8, 4) is 5.75 Å². The van der Waals surface area contributed by atoms with E-state index in [0.29, 0.717) is 12.2 Å². The molecule has 0 radical (unpaired) electrons. The minimum Gasteiger partial charge on any atom is -0.491 e. The van der Waals surface area contributed by atoms with Crippen molar-refractivity contribution in [2.75, 3.05) is 13.3 Å². The van der Waals surface area contributed by atoms with Crippen molar-refractivity contribution >= 4 is 28.6 Å². The molecule has 0 aliphatic rings. The van der Waals surface area contributed by atoms with E-state index in [0.717, 1.165) is 9.13 Å². The molecule has 1 unspecified atom stereocenters. The molecule has 4 nitrogen and oxygen atoms in total. The standard InChI is InChI=1S/C11H13FINO3/c12-3-4-17-8-1-2-9(13)7(5-8)6-10(14)11(15)16/h1-2,5,10H,3-4,6,14H2,(H,15,16)/p+1. The van der Waals surface area contributed by atoms with E-state index in [-0.39, 0.29) is 6.61 Å². The summed E-state index contributed by atoms with van der Waals surface area (Å²) in [6.45, 7) is -0.541.